The van der Waals surface area contributed by atoms with Gasteiger partial charge in [0.25, 0.3) is 5.91 Å². The number of hydrogen-bond donors (Lipinski definition) is 1. The van der Waals surface area contributed by atoms with Crippen molar-refractivity contribution in [2.24, 2.45) is 5.10 Å². The fourth-order valence-electron chi connectivity index (χ4n) is 4.13. The minimum Gasteiger partial charge on any atom is -0.318 e. The van der Waals surface area contributed by atoms with E-state index in [1.165, 1.54) is 17.7 Å². The molecule has 0 atom stereocenters. The molecule has 0 saturated carbocycles. The molecule has 1 amide bonds. The molecule has 0 spiro atoms. The Hall–Kier alpha value is -4.01. The summed E-state index contributed by atoms with van der Waals surface area (Å²) in [5.74, 6) is -0.529. The van der Waals surface area contributed by atoms with Gasteiger partial charge in [0.15, 0.2) is 0 Å². The van der Waals surface area contributed by atoms with Crippen LogP contribution in [-0.2, 0) is 21.4 Å². The first-order valence-electron chi connectivity index (χ1n) is 11.9. The molecule has 1 heterocycles. The summed E-state index contributed by atoms with van der Waals surface area (Å²) in [5, 5.41) is 4.12. The first-order valence-corrected chi connectivity index (χ1v) is 13.4. The minimum absolute atomic E-state index is 0.0624. The van der Waals surface area contributed by atoms with Crippen molar-refractivity contribution in [1.82, 2.24) is 14.3 Å². The summed E-state index contributed by atoms with van der Waals surface area (Å²) in [6.45, 7) is 5.74. The lowest BCUT2D eigenvalue weighted by atomic mass is 10.2. The number of sulfonamides is 1. The highest BCUT2D eigenvalue weighted by Gasteiger charge is 2.26. The molecule has 1 aromatic heterocycles. The molecule has 0 saturated heterocycles. The third kappa shape index (κ3) is 6.22. The second-order valence-electron chi connectivity index (χ2n) is 8.86. The number of rotatable bonds is 9. The fraction of sp³-hybridized carbons (Fsp3) is 0.172. The van der Waals surface area contributed by atoms with Crippen LogP contribution in [-0.4, -0.2) is 36.0 Å². The Morgan fingerprint density at radius 1 is 0.919 bits per heavy atom. The number of carbonyl (C=O) groups excluding carboxylic acids is 1. The monoisotopic (exact) mass is 514 g/mol. The van der Waals surface area contributed by atoms with Gasteiger partial charge in [-0.05, 0) is 56.7 Å². The highest BCUT2D eigenvalue weighted by atomic mass is 32.2. The number of nitrogens with zero attached hydrogens (tertiary/aromatic N) is 3. The van der Waals surface area contributed by atoms with E-state index >= 15 is 0 Å². The first kappa shape index (κ1) is 26.1. The molecule has 0 aliphatic carbocycles. The van der Waals surface area contributed by atoms with Gasteiger partial charge in [-0.15, -0.1) is 0 Å². The van der Waals surface area contributed by atoms with Gasteiger partial charge in [0.2, 0.25) is 10.0 Å². The lowest BCUT2D eigenvalue weighted by Gasteiger charge is -2.21. The summed E-state index contributed by atoms with van der Waals surface area (Å²) in [6, 6.07) is 27.5. The molecule has 0 aliphatic rings. The number of benzene rings is 3. The third-order valence-electron chi connectivity index (χ3n) is 6.06. The van der Waals surface area contributed by atoms with Gasteiger partial charge in [0, 0.05) is 29.2 Å². The van der Waals surface area contributed by atoms with Crippen LogP contribution in [0.2, 0.25) is 0 Å². The zero-order valence-corrected chi connectivity index (χ0v) is 21.9. The highest BCUT2D eigenvalue weighted by Crippen LogP contribution is 2.20. The van der Waals surface area contributed by atoms with E-state index in [0.717, 1.165) is 32.5 Å². The van der Waals surface area contributed by atoms with Gasteiger partial charge >= 0.3 is 0 Å². The number of nitrogens with one attached hydrogen (secondary N) is 1. The Morgan fingerprint density at radius 3 is 2.19 bits per heavy atom. The van der Waals surface area contributed by atoms with Gasteiger partial charge in [-0.2, -0.15) is 9.41 Å². The maximum atomic E-state index is 13.3. The number of aryl methyl sites for hydroxylation is 2. The molecule has 4 rings (SSSR count). The lowest BCUT2D eigenvalue weighted by molar-refractivity contribution is -0.121. The number of carbonyl (C=O) groups is 1. The van der Waals surface area contributed by atoms with E-state index in [4.69, 9.17) is 0 Å². The fourth-order valence-corrected chi connectivity index (χ4v) is 5.54. The normalized spacial score (nSPS) is 11.8. The van der Waals surface area contributed by atoms with Crippen molar-refractivity contribution in [3.05, 3.63) is 119 Å². The van der Waals surface area contributed by atoms with Crippen molar-refractivity contribution < 1.29 is 13.2 Å². The quantitative estimate of drug-likeness (QED) is 0.259. The zero-order valence-electron chi connectivity index (χ0n) is 21.1. The smallest absolute Gasteiger partial charge is 0.255 e. The van der Waals surface area contributed by atoms with E-state index in [2.05, 4.69) is 39.4 Å². The Labute approximate surface area is 218 Å². The molecule has 7 nitrogen and oxygen atoms in total. The standard InChI is InChI=1S/C29H30N4O3S/c1-22-14-16-27(17-15-22)33-23(2)18-26(24(33)3)19-30-31-29(34)21-32(20-25-10-6-4-7-11-25)37(35,36)28-12-8-5-9-13-28/h4-19H,20-21H2,1-3H3,(H,31,34)/b30-19-. The number of hydrogen-bond acceptors (Lipinski definition) is 4. The topological polar surface area (TPSA) is 83.8 Å². The molecule has 37 heavy (non-hydrogen) atoms. The van der Waals surface area contributed by atoms with E-state index in [0.29, 0.717) is 0 Å². The Bertz CT molecular complexity index is 1490. The number of amides is 1. The Kier molecular flexibility index (Phi) is 8.01. The van der Waals surface area contributed by atoms with Crippen molar-refractivity contribution in [1.29, 1.82) is 0 Å². The highest BCUT2D eigenvalue weighted by molar-refractivity contribution is 7.89. The summed E-state index contributed by atoms with van der Waals surface area (Å²) < 4.78 is 29.9. The average Bonchev–Trinajstić information content (AvgIpc) is 3.18. The van der Waals surface area contributed by atoms with E-state index < -0.39 is 15.9 Å². The number of aromatic nitrogens is 1. The van der Waals surface area contributed by atoms with Crippen LogP contribution in [0.3, 0.4) is 0 Å². The SMILES string of the molecule is Cc1ccc(-n2c(C)cc(/C=N\NC(=O)CN(Cc3ccccc3)S(=O)(=O)c3ccccc3)c2C)cc1. The molecule has 0 fully saturated rings. The first-order chi connectivity index (χ1) is 17.8. The van der Waals surface area contributed by atoms with Gasteiger partial charge in [-0.3, -0.25) is 4.79 Å². The molecule has 0 aliphatic heterocycles. The molecule has 190 valence electrons. The van der Waals surface area contributed by atoms with Crippen LogP contribution in [0, 0.1) is 20.8 Å². The van der Waals surface area contributed by atoms with Gasteiger partial charge < -0.3 is 4.57 Å². The van der Waals surface area contributed by atoms with E-state index in [-0.39, 0.29) is 18.0 Å². The van der Waals surface area contributed by atoms with Crippen molar-refractivity contribution in [3.63, 3.8) is 0 Å². The summed E-state index contributed by atoms with van der Waals surface area (Å²) in [5.41, 5.74) is 8.38. The predicted octanol–water partition coefficient (Wildman–Crippen LogP) is 4.74. The van der Waals surface area contributed by atoms with E-state index in [9.17, 15) is 13.2 Å². The predicted molar refractivity (Wildman–Crippen MR) is 146 cm³/mol. The van der Waals surface area contributed by atoms with Crippen molar-refractivity contribution >= 4 is 22.1 Å². The van der Waals surface area contributed by atoms with Crippen LogP contribution >= 0.6 is 0 Å². The molecule has 4 aromatic rings. The van der Waals surface area contributed by atoms with Gasteiger partial charge in [-0.1, -0.05) is 66.2 Å². The second kappa shape index (κ2) is 11.4. The van der Waals surface area contributed by atoms with Crippen LogP contribution in [0.15, 0.2) is 101 Å². The minimum atomic E-state index is -3.90. The average molecular weight is 515 g/mol. The van der Waals surface area contributed by atoms with Crippen LogP contribution in [0.5, 0.6) is 0 Å². The summed E-state index contributed by atoms with van der Waals surface area (Å²) in [4.78, 5) is 12.9. The zero-order chi connectivity index (χ0) is 26.4. The maximum Gasteiger partial charge on any atom is 0.255 e. The summed E-state index contributed by atoms with van der Waals surface area (Å²) in [6.07, 6.45) is 1.58. The van der Waals surface area contributed by atoms with Gasteiger partial charge in [-0.25, -0.2) is 13.8 Å². The van der Waals surface area contributed by atoms with Crippen LogP contribution in [0.4, 0.5) is 0 Å². The molecule has 8 heteroatoms. The second-order valence-corrected chi connectivity index (χ2v) is 10.8. The van der Waals surface area contributed by atoms with Gasteiger partial charge in [0.1, 0.15) is 0 Å². The maximum absolute atomic E-state index is 13.3. The number of hydrazone groups is 1. The molecule has 0 unspecified atom stereocenters. The van der Waals surface area contributed by atoms with Crippen LogP contribution in [0.25, 0.3) is 5.69 Å². The van der Waals surface area contributed by atoms with Crippen molar-refractivity contribution in [3.8, 4) is 5.69 Å². The Morgan fingerprint density at radius 2 is 1.54 bits per heavy atom. The lowest BCUT2D eigenvalue weighted by Crippen LogP contribution is -2.39. The van der Waals surface area contributed by atoms with Crippen molar-refractivity contribution in [2.75, 3.05) is 6.54 Å². The molecule has 0 radical (unpaired) electrons. The molecule has 0 bridgehead atoms. The summed E-state index contributed by atoms with van der Waals surface area (Å²) in [7, 11) is -3.90. The van der Waals surface area contributed by atoms with Crippen LogP contribution < -0.4 is 5.43 Å². The van der Waals surface area contributed by atoms with E-state index in [1.54, 1.807) is 24.4 Å². The largest absolute Gasteiger partial charge is 0.318 e. The molecular weight excluding hydrogens is 484 g/mol. The summed E-state index contributed by atoms with van der Waals surface area (Å²) >= 11 is 0. The van der Waals surface area contributed by atoms with E-state index in [1.807, 2.05) is 57.2 Å². The van der Waals surface area contributed by atoms with Gasteiger partial charge in [0.05, 0.1) is 17.7 Å². The van der Waals surface area contributed by atoms with Crippen LogP contribution in [0.1, 0.15) is 28.1 Å². The molecule has 1 N–H and O–H groups in total. The Balaban J connectivity index is 1.50. The van der Waals surface area contributed by atoms with Crippen molar-refractivity contribution in [2.45, 2.75) is 32.2 Å². The molecular formula is C29H30N4O3S. The third-order valence-corrected chi connectivity index (χ3v) is 7.86. The molecule has 3 aromatic carbocycles.